The van der Waals surface area contributed by atoms with Crippen LogP contribution in [0.3, 0.4) is 0 Å². The van der Waals surface area contributed by atoms with Crippen molar-refractivity contribution in [1.29, 1.82) is 0 Å². The number of carbonyl (C=O) groups is 3. The highest BCUT2D eigenvalue weighted by Crippen LogP contribution is 2.40. The van der Waals surface area contributed by atoms with E-state index in [2.05, 4.69) is 0 Å². The molecule has 2 aliphatic rings. The molecule has 92 valence electrons. The molecule has 1 N–H and O–H groups in total. The Bertz CT molecular complexity index is 419. The van der Waals surface area contributed by atoms with Gasteiger partial charge < -0.3 is 9.84 Å². The molecule has 17 heavy (non-hydrogen) atoms. The average molecular weight is 257 g/mol. The van der Waals surface area contributed by atoms with Gasteiger partial charge in [-0.1, -0.05) is 0 Å². The first-order valence-corrected chi connectivity index (χ1v) is 5.99. The van der Waals surface area contributed by atoms with Gasteiger partial charge in [0.15, 0.2) is 0 Å². The fourth-order valence-electron chi connectivity index (χ4n) is 1.74. The summed E-state index contributed by atoms with van der Waals surface area (Å²) in [5.41, 5.74) is -0.0119. The number of hydrogen-bond acceptors (Lipinski definition) is 5. The molecule has 1 amide bonds. The highest BCUT2D eigenvalue weighted by atomic mass is 32.2. The summed E-state index contributed by atoms with van der Waals surface area (Å²) in [5.74, 6) is -1.71. The zero-order chi connectivity index (χ0) is 12.6. The molecule has 0 aromatic heterocycles. The van der Waals surface area contributed by atoms with E-state index in [1.165, 1.54) is 29.7 Å². The lowest BCUT2D eigenvalue weighted by molar-refractivity contribution is -0.146. The maximum Gasteiger partial charge on any atom is 0.352 e. The number of aliphatic carboxylic acids is 1. The summed E-state index contributed by atoms with van der Waals surface area (Å²) >= 11 is 1.44. The van der Waals surface area contributed by atoms with E-state index in [1.54, 1.807) is 0 Å². The average Bonchev–Trinajstić information content (AvgIpc) is 2.23. The Hall–Kier alpha value is -1.50. The number of fused-ring (bicyclic) bond motifs is 1. The van der Waals surface area contributed by atoms with Crippen molar-refractivity contribution in [3.8, 4) is 0 Å². The minimum Gasteiger partial charge on any atom is -0.477 e. The van der Waals surface area contributed by atoms with Gasteiger partial charge in [-0.3, -0.25) is 14.5 Å². The second-order valence-corrected chi connectivity index (χ2v) is 5.18. The van der Waals surface area contributed by atoms with Gasteiger partial charge in [0.1, 0.15) is 12.3 Å². The number of amides is 1. The third-order valence-electron chi connectivity index (χ3n) is 2.51. The molecule has 0 aromatic rings. The van der Waals surface area contributed by atoms with Crippen LogP contribution in [0.1, 0.15) is 13.3 Å². The van der Waals surface area contributed by atoms with E-state index in [0.29, 0.717) is 6.42 Å². The molecule has 0 bridgehead atoms. The number of β-lactam (4-membered cyclic amide) rings is 1. The number of ether oxygens (including phenoxy) is 1. The largest absolute Gasteiger partial charge is 0.477 e. The van der Waals surface area contributed by atoms with Gasteiger partial charge in [-0.2, -0.15) is 0 Å². The Morgan fingerprint density at radius 1 is 1.65 bits per heavy atom. The monoisotopic (exact) mass is 257 g/mol. The minimum absolute atomic E-state index is 0.0119. The van der Waals surface area contributed by atoms with E-state index in [0.717, 1.165) is 0 Å². The fraction of sp³-hybridized carbons (Fsp3) is 0.500. The van der Waals surface area contributed by atoms with Crippen LogP contribution < -0.4 is 0 Å². The lowest BCUT2D eigenvalue weighted by atomic mass is 10.1. The van der Waals surface area contributed by atoms with E-state index in [-0.39, 0.29) is 28.8 Å². The molecule has 2 heterocycles. The summed E-state index contributed by atoms with van der Waals surface area (Å²) in [7, 11) is 0. The van der Waals surface area contributed by atoms with Crippen LogP contribution in [0.2, 0.25) is 0 Å². The number of carbonyl (C=O) groups excluding carboxylic acids is 2. The standard InChI is InChI=1S/C10H11NO5S/c1-5(12)16-4-6-2-7(10(14)15)11-8(13)3-9(11)17-6/h2,6,9H,3-4H2,1H3,(H,14,15)/t6?,9-/m1/s1. The van der Waals surface area contributed by atoms with Gasteiger partial charge in [0, 0.05) is 6.92 Å². The molecule has 0 aromatic carbocycles. The van der Waals surface area contributed by atoms with Crippen LogP contribution in [0.4, 0.5) is 0 Å². The van der Waals surface area contributed by atoms with Gasteiger partial charge in [0.05, 0.1) is 17.0 Å². The third-order valence-corrected chi connectivity index (χ3v) is 3.82. The molecule has 7 heteroatoms. The van der Waals surface area contributed by atoms with Crippen molar-refractivity contribution in [3.63, 3.8) is 0 Å². The number of hydrogen-bond donors (Lipinski definition) is 1. The molecular formula is C10H11NO5S. The molecule has 6 nitrogen and oxygen atoms in total. The number of thioether (sulfide) groups is 1. The fourth-order valence-corrected chi connectivity index (χ4v) is 3.09. The van der Waals surface area contributed by atoms with E-state index < -0.39 is 11.9 Å². The maximum atomic E-state index is 11.3. The molecule has 1 fully saturated rings. The summed E-state index contributed by atoms with van der Waals surface area (Å²) in [6, 6.07) is 0. The molecule has 2 aliphatic heterocycles. The topological polar surface area (TPSA) is 83.9 Å². The zero-order valence-corrected chi connectivity index (χ0v) is 9.90. The van der Waals surface area contributed by atoms with Crippen molar-refractivity contribution in [2.45, 2.75) is 24.0 Å². The lowest BCUT2D eigenvalue weighted by Crippen LogP contribution is -2.54. The van der Waals surface area contributed by atoms with Crippen molar-refractivity contribution >= 4 is 29.6 Å². The summed E-state index contributed by atoms with van der Waals surface area (Å²) in [5, 5.41) is 8.65. The highest BCUT2D eigenvalue weighted by Gasteiger charge is 2.45. The van der Waals surface area contributed by atoms with Gasteiger partial charge >= 0.3 is 11.9 Å². The van der Waals surface area contributed by atoms with Crippen molar-refractivity contribution in [3.05, 3.63) is 11.8 Å². The van der Waals surface area contributed by atoms with Gasteiger partial charge in [0.25, 0.3) is 0 Å². The normalized spacial score (nSPS) is 26.8. The van der Waals surface area contributed by atoms with Gasteiger partial charge in [-0.25, -0.2) is 4.79 Å². The molecular weight excluding hydrogens is 246 g/mol. The lowest BCUT2D eigenvalue weighted by Gasteiger charge is -2.44. The summed E-state index contributed by atoms with van der Waals surface area (Å²) in [4.78, 5) is 34.2. The Morgan fingerprint density at radius 2 is 2.35 bits per heavy atom. The molecule has 0 spiro atoms. The smallest absolute Gasteiger partial charge is 0.352 e. The van der Waals surface area contributed by atoms with Crippen LogP contribution in [-0.4, -0.2) is 45.1 Å². The predicted molar refractivity (Wildman–Crippen MR) is 59.0 cm³/mol. The van der Waals surface area contributed by atoms with Crippen LogP contribution >= 0.6 is 11.8 Å². The predicted octanol–water partition coefficient (Wildman–Crippen LogP) is 0.192. The number of nitrogens with zero attached hydrogens (tertiary/aromatic N) is 1. The van der Waals surface area contributed by atoms with E-state index in [1.807, 2.05) is 0 Å². The molecule has 2 atom stereocenters. The summed E-state index contributed by atoms with van der Waals surface area (Å²) in [6.07, 6.45) is 1.80. The molecule has 1 saturated heterocycles. The van der Waals surface area contributed by atoms with Crippen LogP contribution in [0.5, 0.6) is 0 Å². The maximum absolute atomic E-state index is 11.3. The third kappa shape index (κ3) is 2.28. The van der Waals surface area contributed by atoms with Crippen molar-refractivity contribution in [2.75, 3.05) is 6.61 Å². The summed E-state index contributed by atoms with van der Waals surface area (Å²) < 4.78 is 4.84. The SMILES string of the molecule is CC(=O)OCC1C=C(C(=O)O)N2C(=O)C[C@H]2S1. The highest BCUT2D eigenvalue weighted by molar-refractivity contribution is 8.00. The van der Waals surface area contributed by atoms with Gasteiger partial charge in [0.2, 0.25) is 5.91 Å². The van der Waals surface area contributed by atoms with Crippen LogP contribution in [0.15, 0.2) is 11.8 Å². The van der Waals surface area contributed by atoms with Crippen LogP contribution in [-0.2, 0) is 19.1 Å². The van der Waals surface area contributed by atoms with Crippen molar-refractivity contribution in [1.82, 2.24) is 4.90 Å². The second-order valence-electron chi connectivity index (χ2n) is 3.76. The van der Waals surface area contributed by atoms with Gasteiger partial charge in [-0.15, -0.1) is 11.8 Å². The number of carboxylic acid groups (broad SMARTS) is 1. The molecule has 2 rings (SSSR count). The first-order chi connectivity index (χ1) is 7.99. The Balaban J connectivity index is 2.11. The Labute approximate surface area is 102 Å². The van der Waals surface area contributed by atoms with E-state index in [9.17, 15) is 14.4 Å². The molecule has 0 aliphatic carbocycles. The second kappa shape index (κ2) is 4.40. The number of carboxylic acids is 1. The van der Waals surface area contributed by atoms with Crippen LogP contribution in [0, 0.1) is 0 Å². The minimum atomic E-state index is -1.13. The molecule has 0 radical (unpaired) electrons. The first-order valence-electron chi connectivity index (χ1n) is 5.05. The molecule has 1 unspecified atom stereocenters. The van der Waals surface area contributed by atoms with Crippen molar-refractivity contribution < 1.29 is 24.2 Å². The zero-order valence-electron chi connectivity index (χ0n) is 9.08. The molecule has 0 saturated carbocycles. The summed E-state index contributed by atoms with van der Waals surface area (Å²) in [6.45, 7) is 1.43. The Kier molecular flexibility index (Phi) is 3.10. The van der Waals surface area contributed by atoms with Crippen LogP contribution in [0.25, 0.3) is 0 Å². The quantitative estimate of drug-likeness (QED) is 0.574. The number of rotatable bonds is 3. The van der Waals surface area contributed by atoms with Crippen molar-refractivity contribution in [2.24, 2.45) is 0 Å². The van der Waals surface area contributed by atoms with E-state index >= 15 is 0 Å². The number of esters is 1. The Morgan fingerprint density at radius 3 is 2.88 bits per heavy atom. The van der Waals surface area contributed by atoms with E-state index in [4.69, 9.17) is 9.84 Å². The first kappa shape index (κ1) is 12.0. The van der Waals surface area contributed by atoms with Gasteiger partial charge in [-0.05, 0) is 6.08 Å².